The van der Waals surface area contributed by atoms with Gasteiger partial charge in [0, 0.05) is 18.8 Å². The van der Waals surface area contributed by atoms with Gasteiger partial charge in [0.05, 0.1) is 0 Å². The fourth-order valence-corrected chi connectivity index (χ4v) is 6.88. The number of fused-ring (bicyclic) bond motifs is 1. The van der Waals surface area contributed by atoms with Gasteiger partial charge in [-0.15, -0.1) is 0 Å². The minimum atomic E-state index is -0.634. The van der Waals surface area contributed by atoms with Gasteiger partial charge in [-0.25, -0.2) is 9.36 Å². The van der Waals surface area contributed by atoms with Crippen molar-refractivity contribution in [3.8, 4) is 6.07 Å². The Bertz CT molecular complexity index is 961. The lowest BCUT2D eigenvalue weighted by atomic mass is 9.49. The fraction of sp³-hybridized carbons (Fsp3) is 0.714. The van der Waals surface area contributed by atoms with Gasteiger partial charge in [-0.05, 0) is 74.5 Å². The van der Waals surface area contributed by atoms with Crippen LogP contribution in [0.3, 0.4) is 0 Å². The molecule has 2 heterocycles. The SMILES string of the molecule is N#Cc1c2n(c(=O)n(CC(=O)NCC34CC5CC(CC(C5)C3)C4)c1=O)CCC2. The molecule has 5 aliphatic rings. The van der Waals surface area contributed by atoms with E-state index in [1.54, 1.807) is 0 Å². The molecule has 1 amide bonds. The van der Waals surface area contributed by atoms with Gasteiger partial charge in [0.25, 0.3) is 5.56 Å². The summed E-state index contributed by atoms with van der Waals surface area (Å²) in [7, 11) is 0. The van der Waals surface area contributed by atoms with Crippen LogP contribution in [0.5, 0.6) is 0 Å². The first-order valence-corrected chi connectivity index (χ1v) is 10.5. The molecule has 1 aromatic heterocycles. The highest BCUT2D eigenvalue weighted by molar-refractivity contribution is 5.75. The maximum atomic E-state index is 12.6. The molecule has 0 saturated heterocycles. The van der Waals surface area contributed by atoms with Crippen LogP contribution in [0.2, 0.25) is 0 Å². The molecule has 1 aromatic rings. The quantitative estimate of drug-likeness (QED) is 0.845. The van der Waals surface area contributed by atoms with Crippen molar-refractivity contribution in [1.29, 1.82) is 5.26 Å². The summed E-state index contributed by atoms with van der Waals surface area (Å²) in [5.41, 5.74) is -0.374. The Morgan fingerprint density at radius 1 is 1.14 bits per heavy atom. The number of nitriles is 1. The smallest absolute Gasteiger partial charge is 0.331 e. The summed E-state index contributed by atoms with van der Waals surface area (Å²) in [4.78, 5) is 37.8. The molecule has 4 saturated carbocycles. The number of aromatic nitrogens is 2. The fourth-order valence-electron chi connectivity index (χ4n) is 6.88. The van der Waals surface area contributed by atoms with Gasteiger partial charge in [-0.2, -0.15) is 5.26 Å². The highest BCUT2D eigenvalue weighted by atomic mass is 16.2. The Kier molecular flexibility index (Phi) is 4.01. The van der Waals surface area contributed by atoms with Crippen molar-refractivity contribution < 1.29 is 4.79 Å². The van der Waals surface area contributed by atoms with Crippen molar-refractivity contribution >= 4 is 5.91 Å². The molecule has 4 aliphatic carbocycles. The van der Waals surface area contributed by atoms with Gasteiger partial charge < -0.3 is 5.32 Å². The van der Waals surface area contributed by atoms with Crippen molar-refractivity contribution in [1.82, 2.24) is 14.5 Å². The van der Waals surface area contributed by atoms with Crippen LogP contribution in [0.4, 0.5) is 0 Å². The zero-order valence-electron chi connectivity index (χ0n) is 16.1. The molecule has 7 heteroatoms. The first kappa shape index (κ1) is 17.7. The third kappa shape index (κ3) is 2.73. The van der Waals surface area contributed by atoms with Crippen LogP contribution in [0, 0.1) is 34.5 Å². The maximum Gasteiger partial charge on any atom is 0.331 e. The van der Waals surface area contributed by atoms with E-state index in [2.05, 4.69) is 5.32 Å². The molecule has 0 radical (unpaired) electrons. The zero-order chi connectivity index (χ0) is 19.5. The van der Waals surface area contributed by atoms with E-state index >= 15 is 0 Å². The Labute approximate surface area is 163 Å². The van der Waals surface area contributed by atoms with Crippen LogP contribution >= 0.6 is 0 Å². The zero-order valence-corrected chi connectivity index (χ0v) is 16.1. The summed E-state index contributed by atoms with van der Waals surface area (Å²) in [6, 6.07) is 1.93. The molecule has 0 atom stereocenters. The Balaban J connectivity index is 1.33. The van der Waals surface area contributed by atoms with Crippen LogP contribution in [-0.4, -0.2) is 21.6 Å². The summed E-state index contributed by atoms with van der Waals surface area (Å²) >= 11 is 0. The van der Waals surface area contributed by atoms with Crippen LogP contribution in [-0.2, 0) is 24.3 Å². The van der Waals surface area contributed by atoms with Crippen LogP contribution in [0.25, 0.3) is 0 Å². The molecule has 1 aliphatic heterocycles. The largest absolute Gasteiger partial charge is 0.354 e. The summed E-state index contributed by atoms with van der Waals surface area (Å²) in [6.45, 7) is 0.832. The number of amides is 1. The number of hydrogen-bond donors (Lipinski definition) is 1. The summed E-state index contributed by atoms with van der Waals surface area (Å²) in [5.74, 6) is 2.12. The monoisotopic (exact) mass is 382 g/mol. The second-order valence-electron chi connectivity index (χ2n) is 9.56. The van der Waals surface area contributed by atoms with Gasteiger partial charge in [-0.1, -0.05) is 0 Å². The molecule has 7 nitrogen and oxygen atoms in total. The van der Waals surface area contributed by atoms with Crippen LogP contribution in [0.15, 0.2) is 9.59 Å². The second kappa shape index (κ2) is 6.33. The summed E-state index contributed by atoms with van der Waals surface area (Å²) < 4.78 is 2.41. The van der Waals surface area contributed by atoms with Crippen molar-refractivity contribution in [3.05, 3.63) is 32.1 Å². The predicted molar refractivity (Wildman–Crippen MR) is 102 cm³/mol. The molecule has 1 N–H and O–H groups in total. The lowest BCUT2D eigenvalue weighted by Crippen LogP contribution is -2.52. The van der Waals surface area contributed by atoms with E-state index in [0.717, 1.165) is 28.7 Å². The van der Waals surface area contributed by atoms with Crippen LogP contribution in [0.1, 0.15) is 56.2 Å². The van der Waals surface area contributed by atoms with E-state index < -0.39 is 11.2 Å². The number of carbonyl (C=O) groups excluding carboxylic acids is 1. The van der Waals surface area contributed by atoms with Crippen molar-refractivity contribution in [2.75, 3.05) is 6.54 Å². The third-order valence-electron chi connectivity index (χ3n) is 7.57. The average molecular weight is 382 g/mol. The van der Waals surface area contributed by atoms with Crippen molar-refractivity contribution in [2.24, 2.45) is 23.2 Å². The van der Waals surface area contributed by atoms with Gasteiger partial charge in [0.15, 0.2) is 0 Å². The number of nitrogens with zero attached hydrogens (tertiary/aromatic N) is 3. The van der Waals surface area contributed by atoms with Crippen molar-refractivity contribution in [3.63, 3.8) is 0 Å². The number of rotatable bonds is 4. The van der Waals surface area contributed by atoms with Crippen LogP contribution < -0.4 is 16.6 Å². The number of carbonyl (C=O) groups is 1. The van der Waals surface area contributed by atoms with E-state index in [0.29, 0.717) is 25.2 Å². The molecule has 0 unspecified atom stereocenters. The molecule has 148 valence electrons. The first-order chi connectivity index (χ1) is 13.5. The number of nitrogens with one attached hydrogen (secondary N) is 1. The molecule has 6 rings (SSSR count). The van der Waals surface area contributed by atoms with E-state index in [-0.39, 0.29) is 23.4 Å². The molecular weight excluding hydrogens is 356 g/mol. The third-order valence-corrected chi connectivity index (χ3v) is 7.57. The average Bonchev–Trinajstić information content (AvgIpc) is 3.13. The van der Waals surface area contributed by atoms with Gasteiger partial charge >= 0.3 is 5.69 Å². The maximum absolute atomic E-state index is 12.6. The molecular formula is C21H26N4O3. The minimum absolute atomic E-state index is 0.00554. The predicted octanol–water partition coefficient (Wildman–Crippen LogP) is 1.16. The minimum Gasteiger partial charge on any atom is -0.354 e. The molecule has 0 aromatic carbocycles. The lowest BCUT2D eigenvalue weighted by molar-refractivity contribution is -0.124. The van der Waals surface area contributed by atoms with E-state index in [4.69, 9.17) is 0 Å². The van der Waals surface area contributed by atoms with Gasteiger partial charge in [0.1, 0.15) is 18.2 Å². The van der Waals surface area contributed by atoms with E-state index in [1.807, 2.05) is 6.07 Å². The number of hydrogen-bond acceptors (Lipinski definition) is 4. The molecule has 28 heavy (non-hydrogen) atoms. The van der Waals surface area contributed by atoms with E-state index in [1.165, 1.54) is 43.1 Å². The highest BCUT2D eigenvalue weighted by Crippen LogP contribution is 2.59. The molecule has 4 fully saturated rings. The standard InChI is InChI=1S/C21H26N4O3/c22-10-16-17-2-1-3-24(17)20(28)25(19(16)27)11-18(26)23-12-21-7-13-4-14(8-21)6-15(5-13)9-21/h13-15H,1-9,11-12H2,(H,23,26). The van der Waals surface area contributed by atoms with Crippen molar-refractivity contribution in [2.45, 2.75) is 64.5 Å². The summed E-state index contributed by atoms with van der Waals surface area (Å²) in [5, 5.41) is 12.4. The molecule has 0 spiro atoms. The first-order valence-electron chi connectivity index (χ1n) is 10.5. The van der Waals surface area contributed by atoms with E-state index in [9.17, 15) is 19.6 Å². The van der Waals surface area contributed by atoms with Gasteiger partial charge in [-0.3, -0.25) is 14.2 Å². The topological polar surface area (TPSA) is 96.9 Å². The Hall–Kier alpha value is -2.36. The summed E-state index contributed by atoms with van der Waals surface area (Å²) in [6.07, 6.45) is 8.94. The van der Waals surface area contributed by atoms with Gasteiger partial charge in [0.2, 0.25) is 5.91 Å². The Morgan fingerprint density at radius 3 is 2.39 bits per heavy atom. The molecule has 4 bridgehead atoms. The highest BCUT2D eigenvalue weighted by Gasteiger charge is 2.50. The Morgan fingerprint density at radius 2 is 1.79 bits per heavy atom. The normalized spacial score (nSPS) is 32.2. The lowest BCUT2D eigenvalue weighted by Gasteiger charge is -2.56. The second-order valence-corrected chi connectivity index (χ2v) is 9.56.